The van der Waals surface area contributed by atoms with Crippen LogP contribution in [0, 0.1) is 5.82 Å². The van der Waals surface area contributed by atoms with Crippen molar-refractivity contribution in [3.8, 4) is 11.3 Å². The molecule has 8 nitrogen and oxygen atoms in total. The lowest BCUT2D eigenvalue weighted by Gasteiger charge is -2.44. The second-order valence-electron chi connectivity index (χ2n) is 6.91. The Balaban J connectivity index is 1.46. The van der Waals surface area contributed by atoms with Crippen molar-refractivity contribution in [1.29, 1.82) is 0 Å². The average molecular weight is 415 g/mol. The van der Waals surface area contributed by atoms with Gasteiger partial charge in [-0.25, -0.2) is 14.2 Å². The number of urea groups is 1. The highest BCUT2D eigenvalue weighted by molar-refractivity contribution is 7.16. The zero-order valence-electron chi connectivity index (χ0n) is 15.5. The fourth-order valence-corrected chi connectivity index (χ4v) is 4.85. The molecule has 2 aromatic heterocycles. The molecule has 1 saturated heterocycles. The summed E-state index contributed by atoms with van der Waals surface area (Å²) in [6, 6.07) is 7.71. The van der Waals surface area contributed by atoms with E-state index in [2.05, 4.69) is 25.7 Å². The van der Waals surface area contributed by atoms with Crippen LogP contribution in [-0.4, -0.2) is 42.5 Å². The van der Waals surface area contributed by atoms with Gasteiger partial charge in [0, 0.05) is 25.1 Å². The van der Waals surface area contributed by atoms with Crippen LogP contribution in [0.2, 0.25) is 0 Å². The second kappa shape index (κ2) is 7.12. The molecule has 2 N–H and O–H groups in total. The first-order chi connectivity index (χ1) is 14.1. The maximum Gasteiger partial charge on any atom is 0.320 e. The first-order valence-electron chi connectivity index (χ1n) is 9.19. The number of nitrogens with one attached hydrogen (secondary N) is 2. The predicted octanol–water partition coefficient (Wildman–Crippen LogP) is 3.19. The van der Waals surface area contributed by atoms with Gasteiger partial charge in [0.15, 0.2) is 16.7 Å². The standard InChI is InChI=1S/C19H18FN5O3S/c1-21-18(26)23-19-22-13-6-12-8-27-9-14(17(13)29-19)25(12)16-7-15(28-24-16)10-2-4-11(20)5-3-10/h2-5,7,12,14H,6,8-9H2,1H3,(H2,21,22,23,26). The second-order valence-corrected chi connectivity index (χ2v) is 7.94. The SMILES string of the molecule is CNC(=O)Nc1nc2c(s1)C1COCC(C2)N1c1cc(-c2ccc(F)cc2)on1. The summed E-state index contributed by atoms with van der Waals surface area (Å²) >= 11 is 1.45. The van der Waals surface area contributed by atoms with Crippen molar-refractivity contribution < 1.29 is 18.4 Å². The van der Waals surface area contributed by atoms with E-state index in [9.17, 15) is 9.18 Å². The van der Waals surface area contributed by atoms with E-state index >= 15 is 0 Å². The van der Waals surface area contributed by atoms with Crippen LogP contribution in [-0.2, 0) is 11.2 Å². The van der Waals surface area contributed by atoms with Crippen molar-refractivity contribution in [2.24, 2.45) is 0 Å². The molecule has 2 aliphatic rings. The Hall–Kier alpha value is -2.98. The molecule has 10 heteroatoms. The van der Waals surface area contributed by atoms with E-state index in [4.69, 9.17) is 9.26 Å². The largest absolute Gasteiger partial charge is 0.377 e. The topological polar surface area (TPSA) is 92.5 Å². The number of fused-ring (bicyclic) bond motifs is 4. The number of ether oxygens (including phenoxy) is 1. The van der Waals surface area contributed by atoms with E-state index < -0.39 is 0 Å². The van der Waals surface area contributed by atoms with Crippen LogP contribution in [0.1, 0.15) is 16.6 Å². The number of benzene rings is 1. The molecule has 0 radical (unpaired) electrons. The third-order valence-corrected chi connectivity index (χ3v) is 6.23. The molecule has 2 bridgehead atoms. The summed E-state index contributed by atoms with van der Waals surface area (Å²) in [5.74, 6) is 0.994. The van der Waals surface area contributed by atoms with Crippen LogP contribution in [0.3, 0.4) is 0 Å². The van der Waals surface area contributed by atoms with Gasteiger partial charge in [0.25, 0.3) is 0 Å². The molecule has 2 aliphatic heterocycles. The zero-order valence-corrected chi connectivity index (χ0v) is 16.3. The van der Waals surface area contributed by atoms with E-state index in [-0.39, 0.29) is 23.9 Å². The molecular formula is C19H18FN5O3S. The third kappa shape index (κ3) is 3.23. The highest BCUT2D eigenvalue weighted by atomic mass is 32.1. The quantitative estimate of drug-likeness (QED) is 0.683. The third-order valence-electron chi connectivity index (χ3n) is 5.11. The molecule has 1 fully saturated rings. The number of morpholine rings is 1. The number of hydrogen-bond acceptors (Lipinski definition) is 7. The molecule has 0 aliphatic carbocycles. The number of nitrogens with zero attached hydrogens (tertiary/aromatic N) is 3. The van der Waals surface area contributed by atoms with Gasteiger partial charge in [-0.05, 0) is 24.3 Å². The fraction of sp³-hybridized carbons (Fsp3) is 0.316. The van der Waals surface area contributed by atoms with E-state index in [0.717, 1.165) is 16.1 Å². The monoisotopic (exact) mass is 415 g/mol. The van der Waals surface area contributed by atoms with Crippen molar-refractivity contribution >= 4 is 28.3 Å². The van der Waals surface area contributed by atoms with E-state index in [1.54, 1.807) is 19.2 Å². The number of amides is 2. The van der Waals surface area contributed by atoms with Gasteiger partial charge in [0.05, 0.1) is 35.9 Å². The number of halogens is 1. The van der Waals surface area contributed by atoms with Gasteiger partial charge in [-0.1, -0.05) is 16.5 Å². The summed E-state index contributed by atoms with van der Waals surface area (Å²) in [6.07, 6.45) is 0.691. The van der Waals surface area contributed by atoms with Crippen molar-refractivity contribution in [2.45, 2.75) is 18.5 Å². The van der Waals surface area contributed by atoms with Crippen LogP contribution in [0.4, 0.5) is 20.1 Å². The molecule has 3 aromatic rings. The Morgan fingerprint density at radius 2 is 2.14 bits per heavy atom. The molecule has 2 amide bonds. The molecule has 2 unspecified atom stereocenters. The summed E-state index contributed by atoms with van der Waals surface area (Å²) in [7, 11) is 1.56. The molecule has 1 aromatic carbocycles. The maximum absolute atomic E-state index is 13.2. The van der Waals surface area contributed by atoms with Crippen LogP contribution in [0.15, 0.2) is 34.9 Å². The molecule has 0 saturated carbocycles. The lowest BCUT2D eigenvalue weighted by atomic mass is 9.96. The molecule has 4 heterocycles. The fourth-order valence-electron chi connectivity index (χ4n) is 3.78. The lowest BCUT2D eigenvalue weighted by Crippen LogP contribution is -2.51. The highest BCUT2D eigenvalue weighted by Gasteiger charge is 2.42. The van der Waals surface area contributed by atoms with Gasteiger partial charge in [-0.15, -0.1) is 0 Å². The van der Waals surface area contributed by atoms with Gasteiger partial charge in [-0.3, -0.25) is 5.32 Å². The number of carbonyl (C=O) groups is 1. The molecular weight excluding hydrogens is 397 g/mol. The van der Waals surface area contributed by atoms with Crippen LogP contribution in [0.5, 0.6) is 0 Å². The van der Waals surface area contributed by atoms with Gasteiger partial charge in [0.1, 0.15) is 5.82 Å². The van der Waals surface area contributed by atoms with Gasteiger partial charge >= 0.3 is 6.03 Å². The summed E-state index contributed by atoms with van der Waals surface area (Å²) in [5.41, 5.74) is 1.75. The first-order valence-corrected chi connectivity index (χ1v) is 10.0. The van der Waals surface area contributed by atoms with Crippen LogP contribution >= 0.6 is 11.3 Å². The van der Waals surface area contributed by atoms with Crippen molar-refractivity contribution in [3.63, 3.8) is 0 Å². The number of rotatable bonds is 3. The minimum atomic E-state index is -0.299. The maximum atomic E-state index is 13.2. The van der Waals surface area contributed by atoms with Gasteiger partial charge in [-0.2, -0.15) is 0 Å². The van der Waals surface area contributed by atoms with Crippen LogP contribution < -0.4 is 15.5 Å². The predicted molar refractivity (Wildman–Crippen MR) is 106 cm³/mol. The van der Waals surface area contributed by atoms with Crippen molar-refractivity contribution in [2.75, 3.05) is 30.5 Å². The lowest BCUT2D eigenvalue weighted by molar-refractivity contribution is 0.0601. The number of carbonyl (C=O) groups excluding carboxylic acids is 1. The van der Waals surface area contributed by atoms with Gasteiger partial charge < -0.3 is 19.5 Å². The van der Waals surface area contributed by atoms with Crippen LogP contribution in [0.25, 0.3) is 11.3 Å². The Labute approximate surface area is 169 Å². The van der Waals surface area contributed by atoms with Gasteiger partial charge in [0.2, 0.25) is 0 Å². The Morgan fingerprint density at radius 3 is 2.93 bits per heavy atom. The van der Waals surface area contributed by atoms with E-state index in [1.807, 2.05) is 6.07 Å². The summed E-state index contributed by atoms with van der Waals surface area (Å²) < 4.78 is 24.5. The van der Waals surface area contributed by atoms with E-state index in [0.29, 0.717) is 36.3 Å². The number of hydrogen-bond donors (Lipinski definition) is 2. The molecule has 0 spiro atoms. The zero-order chi connectivity index (χ0) is 20.0. The molecule has 29 heavy (non-hydrogen) atoms. The Kier molecular flexibility index (Phi) is 4.44. The average Bonchev–Trinajstić information content (AvgIpc) is 3.35. The summed E-state index contributed by atoms with van der Waals surface area (Å²) in [5, 5.41) is 10.1. The molecule has 5 rings (SSSR count). The van der Waals surface area contributed by atoms with E-state index in [1.165, 1.54) is 23.5 Å². The Bertz CT molecular complexity index is 1050. The van der Waals surface area contributed by atoms with Crippen molar-refractivity contribution in [1.82, 2.24) is 15.5 Å². The highest BCUT2D eigenvalue weighted by Crippen LogP contribution is 2.43. The first kappa shape index (κ1) is 18.1. The van der Waals surface area contributed by atoms with Crippen molar-refractivity contribution in [3.05, 3.63) is 46.7 Å². The number of aromatic nitrogens is 2. The normalized spacial score (nSPS) is 20.3. The minimum absolute atomic E-state index is 0.0543. The number of thiazole rings is 1. The smallest absolute Gasteiger partial charge is 0.320 e. The summed E-state index contributed by atoms with van der Waals surface area (Å²) in [4.78, 5) is 19.5. The summed E-state index contributed by atoms with van der Waals surface area (Å²) in [6.45, 7) is 1.06. The molecule has 2 atom stereocenters. The number of anilines is 2. The molecule has 150 valence electrons. The Morgan fingerprint density at radius 1 is 1.31 bits per heavy atom. The minimum Gasteiger partial charge on any atom is -0.377 e.